The molecule has 1 aliphatic heterocycles. The van der Waals surface area contributed by atoms with Crippen molar-refractivity contribution >= 4 is 5.82 Å². The summed E-state index contributed by atoms with van der Waals surface area (Å²) < 4.78 is 7.70. The molecular formula is C14H20N6O. The SMILES string of the molecule is CNc1nccnc1[C@H]1CN(Cc2cnn(C)c2)CCO1. The number of hydrogen-bond acceptors (Lipinski definition) is 6. The quantitative estimate of drug-likeness (QED) is 0.898. The fraction of sp³-hybridized carbons (Fsp3) is 0.500. The first-order valence-electron chi connectivity index (χ1n) is 7.06. The van der Waals surface area contributed by atoms with Crippen LogP contribution in [-0.2, 0) is 18.3 Å². The smallest absolute Gasteiger partial charge is 0.150 e. The van der Waals surface area contributed by atoms with Crippen LogP contribution in [0.1, 0.15) is 17.4 Å². The van der Waals surface area contributed by atoms with Crippen molar-refractivity contribution in [3.8, 4) is 0 Å². The van der Waals surface area contributed by atoms with Crippen LogP contribution in [0.2, 0.25) is 0 Å². The third-order valence-corrected chi connectivity index (χ3v) is 3.58. The van der Waals surface area contributed by atoms with Gasteiger partial charge < -0.3 is 10.1 Å². The fourth-order valence-electron chi connectivity index (χ4n) is 2.60. The molecule has 0 saturated carbocycles. The van der Waals surface area contributed by atoms with Crippen LogP contribution in [0.4, 0.5) is 5.82 Å². The highest BCUT2D eigenvalue weighted by atomic mass is 16.5. The molecule has 0 amide bonds. The van der Waals surface area contributed by atoms with Crippen molar-refractivity contribution < 1.29 is 4.74 Å². The number of hydrogen-bond donors (Lipinski definition) is 1. The van der Waals surface area contributed by atoms with E-state index in [-0.39, 0.29) is 6.10 Å². The number of morpholine rings is 1. The Morgan fingerprint density at radius 2 is 2.24 bits per heavy atom. The number of nitrogens with zero attached hydrogens (tertiary/aromatic N) is 5. The van der Waals surface area contributed by atoms with Gasteiger partial charge in [0.2, 0.25) is 0 Å². The Labute approximate surface area is 124 Å². The van der Waals surface area contributed by atoms with E-state index in [1.165, 1.54) is 5.56 Å². The van der Waals surface area contributed by atoms with Gasteiger partial charge >= 0.3 is 0 Å². The van der Waals surface area contributed by atoms with Crippen LogP contribution in [0.5, 0.6) is 0 Å². The van der Waals surface area contributed by atoms with E-state index in [0.29, 0.717) is 6.61 Å². The number of anilines is 1. The molecule has 2 aromatic heterocycles. The lowest BCUT2D eigenvalue weighted by Gasteiger charge is -2.32. The first kappa shape index (κ1) is 14.0. The van der Waals surface area contributed by atoms with Gasteiger partial charge in [0.05, 0.1) is 12.8 Å². The highest BCUT2D eigenvalue weighted by molar-refractivity contribution is 5.40. The molecule has 0 unspecified atom stereocenters. The van der Waals surface area contributed by atoms with Crippen LogP contribution in [0, 0.1) is 0 Å². The van der Waals surface area contributed by atoms with E-state index in [4.69, 9.17) is 4.74 Å². The second kappa shape index (κ2) is 6.19. The van der Waals surface area contributed by atoms with Gasteiger partial charge in [0, 0.05) is 57.9 Å². The molecular weight excluding hydrogens is 268 g/mol. The van der Waals surface area contributed by atoms with Crippen LogP contribution < -0.4 is 5.32 Å². The second-order valence-electron chi connectivity index (χ2n) is 5.16. The maximum Gasteiger partial charge on any atom is 0.150 e. The maximum atomic E-state index is 5.87. The molecule has 3 rings (SSSR count). The standard InChI is InChI=1S/C14H20N6O/c1-15-14-13(16-3-4-17-14)12-10-20(5-6-21-12)9-11-7-18-19(2)8-11/h3-4,7-8,12H,5-6,9-10H2,1-2H3,(H,15,17)/t12-/m1/s1. The van der Waals surface area contributed by atoms with Gasteiger partial charge in [-0.3, -0.25) is 14.6 Å². The van der Waals surface area contributed by atoms with Crippen molar-refractivity contribution in [1.29, 1.82) is 0 Å². The summed E-state index contributed by atoms with van der Waals surface area (Å²) in [5.74, 6) is 0.783. The Bertz CT molecular complexity index is 599. The molecule has 1 N–H and O–H groups in total. The summed E-state index contributed by atoms with van der Waals surface area (Å²) in [7, 11) is 3.79. The molecule has 0 radical (unpaired) electrons. The van der Waals surface area contributed by atoms with Gasteiger partial charge in [-0.1, -0.05) is 0 Å². The molecule has 21 heavy (non-hydrogen) atoms. The molecule has 112 valence electrons. The predicted octanol–water partition coefficient (Wildman–Crippen LogP) is 0.825. The average molecular weight is 288 g/mol. The number of aromatic nitrogens is 4. The summed E-state index contributed by atoms with van der Waals surface area (Å²) in [5.41, 5.74) is 2.09. The van der Waals surface area contributed by atoms with Crippen LogP contribution in [0.25, 0.3) is 0 Å². The third-order valence-electron chi connectivity index (χ3n) is 3.58. The normalized spacial score (nSPS) is 19.6. The van der Waals surface area contributed by atoms with Gasteiger partial charge in [0.1, 0.15) is 17.6 Å². The van der Waals surface area contributed by atoms with Crippen molar-refractivity contribution in [3.05, 3.63) is 36.0 Å². The van der Waals surface area contributed by atoms with Crippen LogP contribution in [0.3, 0.4) is 0 Å². The molecule has 1 aliphatic rings. The number of nitrogens with one attached hydrogen (secondary N) is 1. The molecule has 7 nitrogen and oxygen atoms in total. The van der Waals surface area contributed by atoms with E-state index >= 15 is 0 Å². The van der Waals surface area contributed by atoms with Crippen molar-refractivity contribution in [2.75, 3.05) is 32.1 Å². The van der Waals surface area contributed by atoms with Crippen LogP contribution in [0.15, 0.2) is 24.8 Å². The van der Waals surface area contributed by atoms with E-state index in [0.717, 1.165) is 31.1 Å². The van der Waals surface area contributed by atoms with Gasteiger partial charge in [-0.25, -0.2) is 4.98 Å². The zero-order valence-corrected chi connectivity index (χ0v) is 12.4. The Morgan fingerprint density at radius 3 is 3.00 bits per heavy atom. The highest BCUT2D eigenvalue weighted by Crippen LogP contribution is 2.25. The minimum atomic E-state index is -0.0495. The lowest BCUT2D eigenvalue weighted by atomic mass is 10.2. The summed E-state index contributed by atoms with van der Waals surface area (Å²) in [6.45, 7) is 3.30. The minimum absolute atomic E-state index is 0.0495. The molecule has 1 fully saturated rings. The highest BCUT2D eigenvalue weighted by Gasteiger charge is 2.25. The summed E-state index contributed by atoms with van der Waals surface area (Å²) >= 11 is 0. The summed E-state index contributed by atoms with van der Waals surface area (Å²) in [5, 5.41) is 7.29. The van der Waals surface area contributed by atoms with Gasteiger partial charge in [0.15, 0.2) is 0 Å². The molecule has 0 spiro atoms. The lowest BCUT2D eigenvalue weighted by molar-refractivity contribution is -0.0347. The Kier molecular flexibility index (Phi) is 4.12. The largest absolute Gasteiger partial charge is 0.372 e. The van der Waals surface area contributed by atoms with Crippen molar-refractivity contribution in [2.45, 2.75) is 12.6 Å². The van der Waals surface area contributed by atoms with Crippen molar-refractivity contribution in [3.63, 3.8) is 0 Å². The van der Waals surface area contributed by atoms with Gasteiger partial charge in [0.25, 0.3) is 0 Å². The third kappa shape index (κ3) is 3.20. The average Bonchev–Trinajstić information content (AvgIpc) is 2.92. The molecule has 0 aliphatic carbocycles. The van der Waals surface area contributed by atoms with E-state index in [2.05, 4.69) is 25.3 Å². The second-order valence-corrected chi connectivity index (χ2v) is 5.16. The number of rotatable bonds is 4. The van der Waals surface area contributed by atoms with E-state index in [1.807, 2.05) is 31.2 Å². The predicted molar refractivity (Wildman–Crippen MR) is 78.8 cm³/mol. The molecule has 1 saturated heterocycles. The zero-order chi connectivity index (χ0) is 14.7. The first-order chi connectivity index (χ1) is 10.3. The van der Waals surface area contributed by atoms with E-state index in [9.17, 15) is 0 Å². The number of ether oxygens (including phenoxy) is 1. The van der Waals surface area contributed by atoms with Crippen LogP contribution >= 0.6 is 0 Å². The van der Waals surface area contributed by atoms with Crippen molar-refractivity contribution in [1.82, 2.24) is 24.6 Å². The van der Waals surface area contributed by atoms with Crippen molar-refractivity contribution in [2.24, 2.45) is 7.05 Å². The minimum Gasteiger partial charge on any atom is -0.372 e. The monoisotopic (exact) mass is 288 g/mol. The maximum absolute atomic E-state index is 5.87. The van der Waals surface area contributed by atoms with Gasteiger partial charge in [-0.2, -0.15) is 5.10 Å². The molecule has 3 heterocycles. The topological polar surface area (TPSA) is 68.1 Å². The summed E-state index contributed by atoms with van der Waals surface area (Å²) in [6.07, 6.45) is 7.30. The molecule has 1 atom stereocenters. The van der Waals surface area contributed by atoms with Crippen LogP contribution in [-0.4, -0.2) is 51.4 Å². The molecule has 7 heteroatoms. The first-order valence-corrected chi connectivity index (χ1v) is 7.06. The Balaban J connectivity index is 1.70. The zero-order valence-electron chi connectivity index (χ0n) is 12.4. The van der Waals surface area contributed by atoms with E-state index < -0.39 is 0 Å². The van der Waals surface area contributed by atoms with Gasteiger partial charge in [-0.15, -0.1) is 0 Å². The molecule has 0 aromatic carbocycles. The Hall–Kier alpha value is -1.99. The lowest BCUT2D eigenvalue weighted by Crippen LogP contribution is -2.38. The fourth-order valence-corrected chi connectivity index (χ4v) is 2.60. The molecule has 2 aromatic rings. The Morgan fingerprint density at radius 1 is 1.38 bits per heavy atom. The summed E-state index contributed by atoms with van der Waals surface area (Å²) in [4.78, 5) is 11.1. The van der Waals surface area contributed by atoms with Gasteiger partial charge in [-0.05, 0) is 0 Å². The number of aryl methyl sites for hydroxylation is 1. The van der Waals surface area contributed by atoms with E-state index in [1.54, 1.807) is 12.4 Å². The summed E-state index contributed by atoms with van der Waals surface area (Å²) in [6, 6.07) is 0. The molecule has 0 bridgehead atoms.